The summed E-state index contributed by atoms with van der Waals surface area (Å²) in [6, 6.07) is 10.8. The van der Waals surface area contributed by atoms with Crippen molar-refractivity contribution in [2.24, 2.45) is 16.8 Å². The maximum Gasteiger partial charge on any atom is 0.305 e. The summed E-state index contributed by atoms with van der Waals surface area (Å²) in [6.45, 7) is 8.58. The number of carbonyl (C=O) groups is 3. The Morgan fingerprint density at radius 3 is 2.40 bits per heavy atom. The van der Waals surface area contributed by atoms with Gasteiger partial charge in [-0.1, -0.05) is 64.3 Å². The number of nitrogens with one attached hydrogen (secondary N) is 1. The van der Waals surface area contributed by atoms with Gasteiger partial charge in [0.1, 0.15) is 17.7 Å². The summed E-state index contributed by atoms with van der Waals surface area (Å²) in [6.07, 6.45) is 3.68. The standard InChI is InChI=1S/C31H39ClFN3O4/c1-5-6-20(4)15-27-35-29(23-16-24(32)18-25(33)17-23)31(40)36(27)26(12-7-19(2)3)21-8-10-22(11-9-21)30(39)34-14-13-28(37)38/h8-11,16-20,26-27H,5-7,12-15H2,1-4H3,(H,34,39)(H,37,38). The average molecular weight is 572 g/mol. The molecule has 2 amide bonds. The van der Waals surface area contributed by atoms with Crippen LogP contribution in [-0.2, 0) is 9.59 Å². The Morgan fingerprint density at radius 2 is 1.80 bits per heavy atom. The molecule has 2 aromatic rings. The molecule has 0 aromatic heterocycles. The molecule has 3 rings (SSSR count). The van der Waals surface area contributed by atoms with Gasteiger partial charge in [0.25, 0.3) is 11.8 Å². The van der Waals surface area contributed by atoms with Crippen LogP contribution in [0.3, 0.4) is 0 Å². The molecular formula is C31H39ClFN3O4. The van der Waals surface area contributed by atoms with Gasteiger partial charge in [-0.05, 0) is 67.0 Å². The van der Waals surface area contributed by atoms with Crippen molar-refractivity contribution in [1.82, 2.24) is 10.2 Å². The summed E-state index contributed by atoms with van der Waals surface area (Å²) in [4.78, 5) is 43.9. The number of nitrogens with zero attached hydrogens (tertiary/aromatic N) is 2. The van der Waals surface area contributed by atoms with Crippen molar-refractivity contribution in [3.8, 4) is 0 Å². The third kappa shape index (κ3) is 8.37. The molecule has 0 spiro atoms. The molecule has 2 N–H and O–H groups in total. The quantitative estimate of drug-likeness (QED) is 0.265. The molecular weight excluding hydrogens is 533 g/mol. The predicted molar refractivity (Wildman–Crippen MR) is 155 cm³/mol. The number of aliphatic imine (C=N–C) groups is 1. The molecule has 7 nitrogen and oxygen atoms in total. The average Bonchev–Trinajstić information content (AvgIpc) is 3.19. The highest BCUT2D eigenvalue weighted by Crippen LogP contribution is 2.36. The Kier molecular flexibility index (Phi) is 11.3. The molecule has 0 aliphatic carbocycles. The van der Waals surface area contributed by atoms with Gasteiger partial charge in [0.05, 0.1) is 12.5 Å². The van der Waals surface area contributed by atoms with Crippen LogP contribution in [0.15, 0.2) is 47.5 Å². The van der Waals surface area contributed by atoms with Crippen LogP contribution in [0.1, 0.15) is 93.7 Å². The molecule has 3 atom stereocenters. The number of carbonyl (C=O) groups excluding carboxylic acids is 2. The van der Waals surface area contributed by atoms with Crippen molar-refractivity contribution >= 4 is 35.1 Å². The lowest BCUT2D eigenvalue weighted by Gasteiger charge is -2.34. The molecule has 40 heavy (non-hydrogen) atoms. The van der Waals surface area contributed by atoms with Crippen molar-refractivity contribution in [2.45, 2.75) is 78.4 Å². The van der Waals surface area contributed by atoms with E-state index < -0.39 is 18.0 Å². The molecule has 1 aliphatic heterocycles. The molecule has 0 fully saturated rings. The Balaban J connectivity index is 1.96. The summed E-state index contributed by atoms with van der Waals surface area (Å²) >= 11 is 6.12. The summed E-state index contributed by atoms with van der Waals surface area (Å²) < 4.78 is 14.2. The van der Waals surface area contributed by atoms with Gasteiger partial charge in [0.2, 0.25) is 0 Å². The van der Waals surface area contributed by atoms with Crippen LogP contribution in [0, 0.1) is 17.7 Å². The highest BCUT2D eigenvalue weighted by atomic mass is 35.5. The molecule has 1 heterocycles. The molecule has 0 saturated heterocycles. The second kappa shape index (κ2) is 14.4. The Labute approximate surface area is 240 Å². The van der Waals surface area contributed by atoms with E-state index >= 15 is 0 Å². The van der Waals surface area contributed by atoms with E-state index in [4.69, 9.17) is 21.7 Å². The van der Waals surface area contributed by atoms with Crippen LogP contribution in [0.4, 0.5) is 4.39 Å². The number of amides is 2. The first-order valence-electron chi connectivity index (χ1n) is 14.0. The molecule has 0 bridgehead atoms. The van der Waals surface area contributed by atoms with Gasteiger partial charge >= 0.3 is 5.97 Å². The Hall–Kier alpha value is -3.26. The van der Waals surface area contributed by atoms with Crippen LogP contribution in [0.5, 0.6) is 0 Å². The number of hydrogen-bond acceptors (Lipinski definition) is 4. The predicted octanol–water partition coefficient (Wildman–Crippen LogP) is 6.64. The summed E-state index contributed by atoms with van der Waals surface area (Å²) in [5.41, 5.74) is 1.85. The van der Waals surface area contributed by atoms with Crippen molar-refractivity contribution < 1.29 is 23.9 Å². The van der Waals surface area contributed by atoms with Crippen LogP contribution >= 0.6 is 11.6 Å². The van der Waals surface area contributed by atoms with Gasteiger partial charge in [0.15, 0.2) is 0 Å². The second-order valence-electron chi connectivity index (χ2n) is 11.0. The van der Waals surface area contributed by atoms with Gasteiger partial charge in [-0.15, -0.1) is 0 Å². The monoisotopic (exact) mass is 571 g/mol. The van der Waals surface area contributed by atoms with E-state index in [0.29, 0.717) is 35.8 Å². The summed E-state index contributed by atoms with van der Waals surface area (Å²) in [5, 5.41) is 11.6. The molecule has 3 unspecified atom stereocenters. The van der Waals surface area contributed by atoms with Crippen molar-refractivity contribution in [2.75, 3.05) is 6.54 Å². The van der Waals surface area contributed by atoms with Crippen molar-refractivity contribution in [1.29, 1.82) is 0 Å². The molecule has 9 heteroatoms. The lowest BCUT2D eigenvalue weighted by Crippen LogP contribution is -2.40. The number of hydrogen-bond donors (Lipinski definition) is 2. The minimum Gasteiger partial charge on any atom is -0.481 e. The Morgan fingerprint density at radius 1 is 1.10 bits per heavy atom. The number of rotatable bonds is 14. The second-order valence-corrected chi connectivity index (χ2v) is 11.4. The van der Waals surface area contributed by atoms with Gasteiger partial charge in [0, 0.05) is 22.7 Å². The van der Waals surface area contributed by atoms with Crippen LogP contribution < -0.4 is 5.32 Å². The normalized spacial score (nSPS) is 16.7. The van der Waals surface area contributed by atoms with Crippen LogP contribution in [0.25, 0.3) is 0 Å². The zero-order valence-corrected chi connectivity index (χ0v) is 24.4. The summed E-state index contributed by atoms with van der Waals surface area (Å²) in [7, 11) is 0. The Bertz CT molecular complexity index is 1210. The molecule has 0 radical (unpaired) electrons. The van der Waals surface area contributed by atoms with Crippen molar-refractivity contribution in [3.05, 3.63) is 70.0 Å². The van der Waals surface area contributed by atoms with E-state index in [-0.39, 0.29) is 41.6 Å². The number of halogens is 2. The van der Waals surface area contributed by atoms with Gasteiger partial charge < -0.3 is 15.3 Å². The molecule has 2 aromatic carbocycles. The maximum atomic E-state index is 14.2. The molecule has 0 saturated carbocycles. The smallest absolute Gasteiger partial charge is 0.305 e. The zero-order chi connectivity index (χ0) is 29.4. The van der Waals surface area contributed by atoms with Gasteiger partial charge in [-0.2, -0.15) is 0 Å². The lowest BCUT2D eigenvalue weighted by molar-refractivity contribution is -0.136. The van der Waals surface area contributed by atoms with Gasteiger partial charge in [-0.3, -0.25) is 19.4 Å². The highest BCUT2D eigenvalue weighted by molar-refractivity contribution is 6.47. The van der Waals surface area contributed by atoms with E-state index in [0.717, 1.165) is 24.8 Å². The fraction of sp³-hybridized carbons (Fsp3) is 0.484. The van der Waals surface area contributed by atoms with E-state index in [1.54, 1.807) is 18.2 Å². The number of benzene rings is 2. The number of aliphatic carboxylic acids is 1. The third-order valence-electron chi connectivity index (χ3n) is 7.10. The molecule has 216 valence electrons. The topological polar surface area (TPSA) is 99.1 Å². The van der Waals surface area contributed by atoms with Crippen LogP contribution in [0.2, 0.25) is 5.02 Å². The van der Waals surface area contributed by atoms with Crippen molar-refractivity contribution in [3.63, 3.8) is 0 Å². The first-order valence-corrected chi connectivity index (χ1v) is 14.3. The first kappa shape index (κ1) is 31.3. The minimum atomic E-state index is -0.983. The zero-order valence-electron chi connectivity index (χ0n) is 23.6. The third-order valence-corrected chi connectivity index (χ3v) is 7.32. The summed E-state index contributed by atoms with van der Waals surface area (Å²) in [5.74, 6) is -1.40. The van der Waals surface area contributed by atoms with E-state index in [1.807, 2.05) is 17.0 Å². The largest absolute Gasteiger partial charge is 0.481 e. The van der Waals surface area contributed by atoms with Gasteiger partial charge in [-0.25, -0.2) is 4.39 Å². The first-order chi connectivity index (χ1) is 19.0. The maximum absolute atomic E-state index is 14.2. The minimum absolute atomic E-state index is 0.0387. The van der Waals surface area contributed by atoms with E-state index in [2.05, 4.69) is 33.0 Å². The van der Waals surface area contributed by atoms with E-state index in [9.17, 15) is 18.8 Å². The fourth-order valence-electron chi connectivity index (χ4n) is 5.10. The van der Waals surface area contributed by atoms with E-state index in [1.165, 1.54) is 12.1 Å². The fourth-order valence-corrected chi connectivity index (χ4v) is 5.32. The SMILES string of the molecule is CCCC(C)CC1N=C(c2cc(F)cc(Cl)c2)C(=O)N1C(CCC(C)C)c1ccc(C(=O)NCCC(=O)O)cc1. The lowest BCUT2D eigenvalue weighted by atomic mass is 9.93. The van der Waals surface area contributed by atoms with Crippen LogP contribution in [-0.4, -0.2) is 46.2 Å². The highest BCUT2D eigenvalue weighted by Gasteiger charge is 2.40. The number of carboxylic acid groups (broad SMARTS) is 1. The number of carboxylic acids is 1. The molecule has 1 aliphatic rings.